The summed E-state index contributed by atoms with van der Waals surface area (Å²) in [7, 11) is 0. The van der Waals surface area contributed by atoms with Gasteiger partial charge in [-0.3, -0.25) is 0 Å². The monoisotopic (exact) mass is 301 g/mol. The second-order valence-corrected chi connectivity index (χ2v) is 3.69. The second-order valence-electron chi connectivity index (χ2n) is 3.26. The van der Waals surface area contributed by atoms with Gasteiger partial charge in [0.1, 0.15) is 0 Å². The summed E-state index contributed by atoms with van der Waals surface area (Å²) in [4.78, 5) is 3.01. The van der Waals surface area contributed by atoms with Crippen LogP contribution in [0.5, 0.6) is 0 Å². The quantitative estimate of drug-likeness (QED) is 0.468. The molecule has 0 bridgehead atoms. The number of benzene rings is 1. The van der Waals surface area contributed by atoms with Crippen LogP contribution in [0.1, 0.15) is 5.56 Å². The van der Waals surface area contributed by atoms with Gasteiger partial charge in [-0.2, -0.15) is 26.3 Å². The zero-order valence-electron chi connectivity index (χ0n) is 8.92. The summed E-state index contributed by atoms with van der Waals surface area (Å²) in [5.41, 5.74) is -3.20. The van der Waals surface area contributed by atoms with Gasteiger partial charge in [-0.1, -0.05) is 6.07 Å². The summed E-state index contributed by atoms with van der Waals surface area (Å²) >= 11 is -0.482. The summed E-state index contributed by atoms with van der Waals surface area (Å²) in [6.45, 7) is 0. The summed E-state index contributed by atoms with van der Waals surface area (Å²) in [6, 6.07) is 3.08. The number of nitrogens with zero attached hydrogens (tertiary/aromatic N) is 1. The van der Waals surface area contributed by atoms with Gasteiger partial charge < -0.3 is 0 Å². The molecule has 1 rings (SSSR count). The Labute approximate surface area is 106 Å². The molecule has 0 unspecified atom stereocenters. The molecule has 19 heavy (non-hydrogen) atoms. The van der Waals surface area contributed by atoms with Crippen molar-refractivity contribution in [3.8, 4) is 0 Å². The lowest BCUT2D eigenvalue weighted by molar-refractivity contribution is -0.137. The minimum atomic E-state index is -4.91. The Balaban J connectivity index is 3.27. The van der Waals surface area contributed by atoms with Crippen LogP contribution in [0.15, 0.2) is 29.3 Å². The fourth-order valence-electron chi connectivity index (χ4n) is 1.09. The minimum Gasteiger partial charge on any atom is -0.243 e. The van der Waals surface area contributed by atoms with Gasteiger partial charge >= 0.3 is 12.4 Å². The van der Waals surface area contributed by atoms with Crippen molar-refractivity contribution in [1.29, 1.82) is 0 Å². The molecule has 0 atom stereocenters. The van der Waals surface area contributed by atoms with Crippen LogP contribution >= 0.6 is 0 Å². The maximum absolute atomic E-state index is 12.4. The maximum atomic E-state index is 12.4. The van der Waals surface area contributed by atoms with E-state index in [1.165, 1.54) is 0 Å². The number of hydrogen-bond acceptors (Lipinski definition) is 2. The average Bonchev–Trinajstić information content (AvgIpc) is 2.26. The Morgan fingerprint density at radius 1 is 1.16 bits per heavy atom. The van der Waals surface area contributed by atoms with Crippen LogP contribution in [0, 0.1) is 0 Å². The van der Waals surface area contributed by atoms with Gasteiger partial charge in [-0.05, 0) is 18.2 Å². The molecule has 2 nitrogen and oxygen atoms in total. The molecule has 1 aromatic carbocycles. The molecule has 0 aliphatic rings. The first-order valence-electron chi connectivity index (χ1n) is 4.59. The highest BCUT2D eigenvalue weighted by Gasteiger charge is 2.35. The van der Waals surface area contributed by atoms with E-state index in [9.17, 15) is 30.6 Å². The lowest BCUT2D eigenvalue weighted by atomic mass is 10.2. The van der Waals surface area contributed by atoms with E-state index in [-0.39, 0.29) is 5.37 Å². The Morgan fingerprint density at radius 3 is 2.26 bits per heavy atom. The molecule has 0 spiro atoms. The standard InChI is InChI=1S/C10H5F6NOS/c11-9(12,13)6-2-1-3-7(4-6)17-8(5-19-18)10(14,15)16/h1-5H. The van der Waals surface area contributed by atoms with Gasteiger partial charge in [0.25, 0.3) is 0 Å². The van der Waals surface area contributed by atoms with Gasteiger partial charge in [-0.25, -0.2) is 9.20 Å². The number of alkyl halides is 6. The summed E-state index contributed by atoms with van der Waals surface area (Å²) in [5, 5.41) is 0.181. The van der Waals surface area contributed by atoms with Crippen LogP contribution < -0.4 is 0 Å². The maximum Gasteiger partial charge on any atom is 0.434 e. The van der Waals surface area contributed by atoms with Crippen molar-refractivity contribution in [3.63, 3.8) is 0 Å². The highest BCUT2D eigenvalue weighted by atomic mass is 32.1. The number of halogens is 6. The molecule has 0 saturated heterocycles. The SMILES string of the molecule is O=S=CC(=Nc1cccc(C(F)(F)F)c1)C(F)(F)F. The molecule has 1 aromatic rings. The first-order chi connectivity index (χ1) is 8.64. The fourth-order valence-corrected chi connectivity index (χ4v) is 1.37. The van der Waals surface area contributed by atoms with E-state index in [2.05, 4.69) is 4.99 Å². The van der Waals surface area contributed by atoms with Crippen LogP contribution in [0.25, 0.3) is 0 Å². The van der Waals surface area contributed by atoms with E-state index >= 15 is 0 Å². The first kappa shape index (κ1) is 15.4. The Kier molecular flexibility index (Phi) is 4.51. The van der Waals surface area contributed by atoms with Gasteiger partial charge in [0.15, 0.2) is 5.71 Å². The number of rotatable bonds is 2. The van der Waals surface area contributed by atoms with E-state index in [1.807, 2.05) is 0 Å². The van der Waals surface area contributed by atoms with Crippen molar-refractivity contribution in [1.82, 2.24) is 0 Å². The van der Waals surface area contributed by atoms with Crippen LogP contribution in [-0.2, 0) is 17.4 Å². The molecule has 0 aliphatic heterocycles. The Morgan fingerprint density at radius 2 is 1.79 bits per heavy atom. The molecule has 104 valence electrons. The third kappa shape index (κ3) is 4.51. The lowest BCUT2D eigenvalue weighted by Gasteiger charge is -2.08. The van der Waals surface area contributed by atoms with Crippen LogP contribution in [-0.4, -0.2) is 21.5 Å². The van der Waals surface area contributed by atoms with Crippen molar-refractivity contribution in [3.05, 3.63) is 29.8 Å². The van der Waals surface area contributed by atoms with E-state index in [0.29, 0.717) is 12.1 Å². The Hall–Kier alpha value is -1.64. The minimum absolute atomic E-state index is 0.181. The molecular weight excluding hydrogens is 296 g/mol. The Bertz CT molecular complexity index is 542. The molecule has 0 aliphatic carbocycles. The van der Waals surface area contributed by atoms with Crippen molar-refractivity contribution in [2.24, 2.45) is 4.99 Å². The molecule has 0 saturated carbocycles. The third-order valence-corrected chi connectivity index (χ3v) is 2.19. The topological polar surface area (TPSA) is 29.4 Å². The van der Waals surface area contributed by atoms with E-state index in [1.54, 1.807) is 0 Å². The number of hydrogen-bond donors (Lipinski definition) is 0. The van der Waals surface area contributed by atoms with Gasteiger partial charge in [0, 0.05) is 0 Å². The third-order valence-electron chi connectivity index (χ3n) is 1.87. The molecule has 0 heterocycles. The van der Waals surface area contributed by atoms with Crippen molar-refractivity contribution < 1.29 is 30.6 Å². The van der Waals surface area contributed by atoms with Gasteiger partial charge in [0.05, 0.1) is 27.9 Å². The molecule has 9 heteroatoms. The number of aliphatic imine (C=N–C) groups is 1. The van der Waals surface area contributed by atoms with Crippen molar-refractivity contribution in [2.75, 3.05) is 0 Å². The highest BCUT2D eigenvalue weighted by Crippen LogP contribution is 2.31. The van der Waals surface area contributed by atoms with Crippen LogP contribution in [0.3, 0.4) is 0 Å². The average molecular weight is 301 g/mol. The van der Waals surface area contributed by atoms with Gasteiger partial charge in [0.2, 0.25) is 0 Å². The van der Waals surface area contributed by atoms with Crippen molar-refractivity contribution in [2.45, 2.75) is 12.4 Å². The highest BCUT2D eigenvalue weighted by molar-refractivity contribution is 7.66. The molecule has 0 N–H and O–H groups in total. The largest absolute Gasteiger partial charge is 0.434 e. The van der Waals surface area contributed by atoms with Gasteiger partial charge in [-0.15, -0.1) is 0 Å². The second kappa shape index (κ2) is 5.55. The molecule has 0 amide bonds. The van der Waals surface area contributed by atoms with E-state index < -0.39 is 40.6 Å². The van der Waals surface area contributed by atoms with Crippen LogP contribution in [0.4, 0.5) is 32.0 Å². The molecule has 0 fully saturated rings. The van der Waals surface area contributed by atoms with Crippen LogP contribution in [0.2, 0.25) is 0 Å². The van der Waals surface area contributed by atoms with E-state index in [0.717, 1.165) is 12.1 Å². The fraction of sp³-hybridized carbons (Fsp3) is 0.200. The first-order valence-corrected chi connectivity index (χ1v) is 5.40. The molecule has 0 aromatic heterocycles. The molecule has 0 radical (unpaired) electrons. The zero-order chi connectivity index (χ0) is 14.7. The predicted molar refractivity (Wildman–Crippen MR) is 58.8 cm³/mol. The summed E-state index contributed by atoms with van der Waals surface area (Å²) < 4.78 is 84.3. The normalized spacial score (nSPS) is 13.3. The van der Waals surface area contributed by atoms with E-state index in [4.69, 9.17) is 0 Å². The zero-order valence-corrected chi connectivity index (χ0v) is 9.73. The summed E-state index contributed by atoms with van der Waals surface area (Å²) in [5.74, 6) is 0. The predicted octanol–water partition coefficient (Wildman–Crippen LogP) is 3.36. The lowest BCUT2D eigenvalue weighted by Crippen LogP contribution is -2.23. The molecular formula is C10H5F6NOS. The summed E-state index contributed by atoms with van der Waals surface area (Å²) in [6.07, 6.45) is -9.59. The smallest absolute Gasteiger partial charge is 0.243 e. The van der Waals surface area contributed by atoms with Crippen molar-refractivity contribution >= 4 is 28.0 Å².